The lowest BCUT2D eigenvalue weighted by atomic mass is 10.1. The molecule has 1 atom stereocenters. The standard InChI is InChI=1S/C16H25N3O2.2ClH/c17-9-15-8-14(12-21-15)16(20)19-7-4-13(11-19)10-18-5-2-1-3-6-18;;/h8,12-13H,1-7,9-11,17H2;2*1H. The Morgan fingerprint density at radius 3 is 2.61 bits per heavy atom. The van der Waals surface area contributed by atoms with E-state index in [0.29, 0.717) is 23.8 Å². The molecule has 2 aliphatic heterocycles. The van der Waals surface area contributed by atoms with E-state index >= 15 is 0 Å². The van der Waals surface area contributed by atoms with E-state index in [4.69, 9.17) is 10.2 Å². The molecule has 0 aromatic carbocycles. The van der Waals surface area contributed by atoms with Crippen LogP contribution < -0.4 is 5.73 Å². The van der Waals surface area contributed by atoms with Crippen molar-refractivity contribution in [2.24, 2.45) is 11.7 Å². The van der Waals surface area contributed by atoms with Crippen molar-refractivity contribution in [2.45, 2.75) is 32.2 Å². The van der Waals surface area contributed by atoms with Crippen molar-refractivity contribution in [3.8, 4) is 0 Å². The largest absolute Gasteiger partial charge is 0.467 e. The number of hydrogen-bond donors (Lipinski definition) is 1. The summed E-state index contributed by atoms with van der Waals surface area (Å²) in [6.45, 7) is 5.67. The Bertz CT molecular complexity index is 489. The summed E-state index contributed by atoms with van der Waals surface area (Å²) in [5.74, 6) is 1.37. The lowest BCUT2D eigenvalue weighted by Crippen LogP contribution is -2.36. The minimum Gasteiger partial charge on any atom is -0.467 e. The van der Waals surface area contributed by atoms with Gasteiger partial charge >= 0.3 is 0 Å². The molecule has 3 rings (SSSR count). The van der Waals surface area contributed by atoms with Gasteiger partial charge in [0.1, 0.15) is 12.0 Å². The van der Waals surface area contributed by atoms with Gasteiger partial charge in [0.2, 0.25) is 0 Å². The number of piperidine rings is 1. The number of amides is 1. The summed E-state index contributed by atoms with van der Waals surface area (Å²) in [6, 6.07) is 1.76. The third kappa shape index (κ3) is 5.11. The van der Waals surface area contributed by atoms with Crippen LogP contribution in [-0.4, -0.2) is 48.4 Å². The smallest absolute Gasteiger partial charge is 0.257 e. The minimum atomic E-state index is 0. The lowest BCUT2D eigenvalue weighted by molar-refractivity contribution is 0.0781. The fourth-order valence-corrected chi connectivity index (χ4v) is 3.46. The lowest BCUT2D eigenvalue weighted by Gasteiger charge is -2.28. The second kappa shape index (κ2) is 9.52. The predicted octanol–water partition coefficient (Wildman–Crippen LogP) is 2.53. The average Bonchev–Trinajstić information content (AvgIpc) is 3.16. The Morgan fingerprint density at radius 1 is 1.22 bits per heavy atom. The Hall–Kier alpha value is -0.750. The van der Waals surface area contributed by atoms with Gasteiger partial charge in [-0.3, -0.25) is 4.79 Å². The Morgan fingerprint density at radius 2 is 1.96 bits per heavy atom. The number of furan rings is 1. The molecule has 0 spiro atoms. The second-order valence-corrected chi connectivity index (χ2v) is 6.27. The first-order chi connectivity index (χ1) is 10.3. The van der Waals surface area contributed by atoms with Crippen LogP contribution in [0.25, 0.3) is 0 Å². The third-order valence-corrected chi connectivity index (χ3v) is 4.64. The predicted molar refractivity (Wildman–Crippen MR) is 95.4 cm³/mol. The van der Waals surface area contributed by atoms with Crippen molar-refractivity contribution in [3.05, 3.63) is 23.7 Å². The zero-order chi connectivity index (χ0) is 14.7. The molecule has 2 aliphatic rings. The second-order valence-electron chi connectivity index (χ2n) is 6.27. The van der Waals surface area contributed by atoms with Gasteiger partial charge in [0.15, 0.2) is 0 Å². The molecule has 1 aromatic heterocycles. The van der Waals surface area contributed by atoms with Crippen molar-refractivity contribution in [2.75, 3.05) is 32.7 Å². The number of nitrogens with zero attached hydrogens (tertiary/aromatic N) is 2. The number of carbonyl (C=O) groups is 1. The maximum Gasteiger partial charge on any atom is 0.257 e. The molecule has 5 nitrogen and oxygen atoms in total. The molecule has 2 fully saturated rings. The van der Waals surface area contributed by atoms with Gasteiger partial charge in [0, 0.05) is 19.6 Å². The molecule has 0 bridgehead atoms. The number of hydrogen-bond acceptors (Lipinski definition) is 4. The van der Waals surface area contributed by atoms with Gasteiger partial charge < -0.3 is 20.0 Å². The van der Waals surface area contributed by atoms with Gasteiger partial charge in [0.05, 0.1) is 12.1 Å². The highest BCUT2D eigenvalue weighted by molar-refractivity contribution is 5.94. The maximum absolute atomic E-state index is 12.4. The molecule has 2 saturated heterocycles. The zero-order valence-corrected chi connectivity index (χ0v) is 15.0. The van der Waals surface area contributed by atoms with Crippen LogP contribution in [0.2, 0.25) is 0 Å². The monoisotopic (exact) mass is 363 g/mol. The SMILES string of the molecule is Cl.Cl.NCc1cc(C(=O)N2CCC(CN3CCCCC3)C2)co1. The summed E-state index contributed by atoms with van der Waals surface area (Å²) in [7, 11) is 0. The van der Waals surface area contributed by atoms with Gasteiger partial charge in [-0.25, -0.2) is 0 Å². The van der Waals surface area contributed by atoms with E-state index in [9.17, 15) is 4.79 Å². The van der Waals surface area contributed by atoms with Crippen molar-refractivity contribution in [1.82, 2.24) is 9.80 Å². The molecule has 0 radical (unpaired) electrons. The van der Waals surface area contributed by atoms with Crippen LogP contribution in [0.15, 0.2) is 16.7 Å². The molecular weight excluding hydrogens is 337 g/mol. The fourth-order valence-electron chi connectivity index (χ4n) is 3.46. The van der Waals surface area contributed by atoms with E-state index in [1.165, 1.54) is 38.6 Å². The Kier molecular flexibility index (Phi) is 8.40. The van der Waals surface area contributed by atoms with E-state index < -0.39 is 0 Å². The Labute approximate surface area is 150 Å². The summed E-state index contributed by atoms with van der Waals surface area (Å²) in [6.07, 6.45) is 6.67. The normalized spacial score (nSPS) is 21.6. The van der Waals surface area contributed by atoms with Crippen molar-refractivity contribution < 1.29 is 9.21 Å². The van der Waals surface area contributed by atoms with E-state index in [1.807, 2.05) is 4.90 Å². The van der Waals surface area contributed by atoms with Gasteiger partial charge in [-0.15, -0.1) is 24.8 Å². The summed E-state index contributed by atoms with van der Waals surface area (Å²) < 4.78 is 5.26. The quantitative estimate of drug-likeness (QED) is 0.892. The molecule has 0 aliphatic carbocycles. The highest BCUT2D eigenvalue weighted by Crippen LogP contribution is 2.22. The molecule has 0 saturated carbocycles. The molecule has 132 valence electrons. The van der Waals surface area contributed by atoms with Crippen LogP contribution in [0.1, 0.15) is 41.8 Å². The number of likely N-dealkylation sites (tertiary alicyclic amines) is 2. The summed E-state index contributed by atoms with van der Waals surface area (Å²) in [5, 5.41) is 0. The van der Waals surface area contributed by atoms with E-state index in [-0.39, 0.29) is 30.7 Å². The molecular formula is C16H27Cl2N3O2. The third-order valence-electron chi connectivity index (χ3n) is 4.64. The van der Waals surface area contributed by atoms with Crippen LogP contribution in [-0.2, 0) is 6.54 Å². The highest BCUT2D eigenvalue weighted by atomic mass is 35.5. The zero-order valence-electron chi connectivity index (χ0n) is 13.4. The fraction of sp³-hybridized carbons (Fsp3) is 0.688. The Balaban J connectivity index is 0.00000132. The molecule has 1 unspecified atom stereocenters. The number of carbonyl (C=O) groups excluding carboxylic acids is 1. The van der Waals surface area contributed by atoms with E-state index in [2.05, 4.69) is 4.90 Å². The number of nitrogens with two attached hydrogens (primary N) is 1. The van der Waals surface area contributed by atoms with Crippen molar-refractivity contribution in [3.63, 3.8) is 0 Å². The molecule has 3 heterocycles. The van der Waals surface area contributed by atoms with Crippen LogP contribution in [0.4, 0.5) is 0 Å². The summed E-state index contributed by atoms with van der Waals surface area (Å²) >= 11 is 0. The van der Waals surface area contributed by atoms with Crippen molar-refractivity contribution >= 4 is 30.7 Å². The van der Waals surface area contributed by atoms with Crippen LogP contribution in [0.5, 0.6) is 0 Å². The van der Waals surface area contributed by atoms with Crippen LogP contribution in [0, 0.1) is 5.92 Å². The first-order valence-electron chi connectivity index (χ1n) is 8.05. The topological polar surface area (TPSA) is 62.7 Å². The molecule has 7 heteroatoms. The van der Waals surface area contributed by atoms with Crippen LogP contribution in [0.3, 0.4) is 0 Å². The molecule has 1 amide bonds. The molecule has 23 heavy (non-hydrogen) atoms. The van der Waals surface area contributed by atoms with Gasteiger partial charge in [-0.1, -0.05) is 6.42 Å². The van der Waals surface area contributed by atoms with Gasteiger partial charge in [-0.2, -0.15) is 0 Å². The van der Waals surface area contributed by atoms with E-state index in [0.717, 1.165) is 26.1 Å². The average molecular weight is 364 g/mol. The molecule has 2 N–H and O–H groups in total. The maximum atomic E-state index is 12.4. The number of halogens is 2. The van der Waals surface area contributed by atoms with E-state index in [1.54, 1.807) is 6.07 Å². The highest BCUT2D eigenvalue weighted by Gasteiger charge is 2.29. The van der Waals surface area contributed by atoms with Gasteiger partial charge in [0.25, 0.3) is 5.91 Å². The summed E-state index contributed by atoms with van der Waals surface area (Å²) in [4.78, 5) is 16.9. The molecule has 1 aromatic rings. The number of rotatable bonds is 4. The van der Waals surface area contributed by atoms with Crippen LogP contribution >= 0.6 is 24.8 Å². The first kappa shape index (κ1) is 20.3. The van der Waals surface area contributed by atoms with Gasteiger partial charge in [-0.05, 0) is 44.3 Å². The minimum absolute atomic E-state index is 0. The summed E-state index contributed by atoms with van der Waals surface area (Å²) in [5.41, 5.74) is 6.15. The van der Waals surface area contributed by atoms with Crippen molar-refractivity contribution in [1.29, 1.82) is 0 Å². The first-order valence-corrected chi connectivity index (χ1v) is 8.05.